The lowest BCUT2D eigenvalue weighted by atomic mass is 10.2. The Morgan fingerprint density at radius 2 is 2.06 bits per heavy atom. The molecule has 0 atom stereocenters. The number of hydrogen-bond donors (Lipinski definition) is 1. The van der Waals surface area contributed by atoms with E-state index in [9.17, 15) is 13.2 Å². The largest absolute Gasteiger partial charge is 0.401 e. The molecule has 1 heterocycles. The molecule has 0 fully saturated rings. The number of aliphatic hydroxyl groups is 1. The molecule has 0 aliphatic carbocycles. The van der Waals surface area contributed by atoms with Crippen LogP contribution in [0.15, 0.2) is 16.8 Å². The van der Waals surface area contributed by atoms with Gasteiger partial charge in [-0.15, -0.1) is 0 Å². The standard InChI is InChI=1S/C10H14F3NOS/c11-10(12,13)8-14(4-5-15)3-1-9-2-6-16-7-9/h2,6-7,15H,1,3-5,8H2. The van der Waals surface area contributed by atoms with Gasteiger partial charge in [0.2, 0.25) is 0 Å². The highest BCUT2D eigenvalue weighted by molar-refractivity contribution is 7.07. The average molecular weight is 253 g/mol. The van der Waals surface area contributed by atoms with Gasteiger partial charge in [-0.25, -0.2) is 0 Å². The topological polar surface area (TPSA) is 23.5 Å². The van der Waals surface area contributed by atoms with E-state index in [1.54, 1.807) is 0 Å². The van der Waals surface area contributed by atoms with Crippen LogP contribution in [0.5, 0.6) is 0 Å². The third kappa shape index (κ3) is 5.48. The first-order valence-electron chi connectivity index (χ1n) is 4.92. The number of aliphatic hydroxyl groups excluding tert-OH is 1. The molecule has 1 rings (SSSR count). The summed E-state index contributed by atoms with van der Waals surface area (Å²) in [5.74, 6) is 0. The molecule has 1 aromatic heterocycles. The number of thiophene rings is 1. The molecule has 1 aromatic rings. The second kappa shape index (κ2) is 6.22. The van der Waals surface area contributed by atoms with E-state index in [4.69, 9.17) is 5.11 Å². The Morgan fingerprint density at radius 1 is 1.31 bits per heavy atom. The van der Waals surface area contributed by atoms with Crippen molar-refractivity contribution in [1.82, 2.24) is 4.90 Å². The van der Waals surface area contributed by atoms with Gasteiger partial charge in [0.15, 0.2) is 0 Å². The quantitative estimate of drug-likeness (QED) is 0.839. The van der Waals surface area contributed by atoms with Gasteiger partial charge in [0.1, 0.15) is 0 Å². The van der Waals surface area contributed by atoms with Crippen molar-refractivity contribution in [1.29, 1.82) is 0 Å². The highest BCUT2D eigenvalue weighted by Crippen LogP contribution is 2.17. The second-order valence-electron chi connectivity index (χ2n) is 3.50. The highest BCUT2D eigenvalue weighted by atomic mass is 32.1. The molecule has 16 heavy (non-hydrogen) atoms. The predicted octanol–water partition coefficient (Wildman–Crippen LogP) is 2.15. The Morgan fingerprint density at radius 3 is 2.56 bits per heavy atom. The van der Waals surface area contributed by atoms with Crippen LogP contribution in [0.2, 0.25) is 0 Å². The van der Waals surface area contributed by atoms with Crippen molar-refractivity contribution in [2.24, 2.45) is 0 Å². The van der Waals surface area contributed by atoms with E-state index in [1.807, 2.05) is 16.8 Å². The van der Waals surface area contributed by atoms with E-state index < -0.39 is 12.7 Å². The molecule has 0 aliphatic heterocycles. The maximum Gasteiger partial charge on any atom is 0.401 e. The van der Waals surface area contributed by atoms with Crippen molar-refractivity contribution in [3.63, 3.8) is 0 Å². The summed E-state index contributed by atoms with van der Waals surface area (Å²) in [6.45, 7) is -0.835. The normalized spacial score (nSPS) is 12.3. The Balaban J connectivity index is 2.39. The molecular formula is C10H14F3NOS. The van der Waals surface area contributed by atoms with Crippen molar-refractivity contribution in [2.45, 2.75) is 12.6 Å². The molecule has 0 aromatic carbocycles. The first-order valence-corrected chi connectivity index (χ1v) is 5.86. The number of rotatable bonds is 6. The molecule has 0 saturated heterocycles. The molecule has 0 amide bonds. The summed E-state index contributed by atoms with van der Waals surface area (Å²) in [5.41, 5.74) is 1.04. The zero-order valence-electron chi connectivity index (χ0n) is 8.70. The summed E-state index contributed by atoms with van der Waals surface area (Å²) < 4.78 is 36.5. The van der Waals surface area contributed by atoms with Crippen molar-refractivity contribution in [3.8, 4) is 0 Å². The van der Waals surface area contributed by atoms with Gasteiger partial charge in [-0.2, -0.15) is 24.5 Å². The average Bonchev–Trinajstić information content (AvgIpc) is 2.64. The molecular weight excluding hydrogens is 239 g/mol. The first-order chi connectivity index (χ1) is 7.51. The number of hydrogen-bond acceptors (Lipinski definition) is 3. The van der Waals surface area contributed by atoms with Crippen LogP contribution in [-0.4, -0.2) is 42.4 Å². The van der Waals surface area contributed by atoms with E-state index in [2.05, 4.69) is 0 Å². The van der Waals surface area contributed by atoms with Crippen molar-refractivity contribution in [2.75, 3.05) is 26.2 Å². The van der Waals surface area contributed by atoms with Crippen LogP contribution < -0.4 is 0 Å². The summed E-state index contributed by atoms with van der Waals surface area (Å²) in [6.07, 6.45) is -3.62. The van der Waals surface area contributed by atoms with Crippen molar-refractivity contribution in [3.05, 3.63) is 22.4 Å². The highest BCUT2D eigenvalue weighted by Gasteiger charge is 2.30. The van der Waals surface area contributed by atoms with E-state index in [0.717, 1.165) is 5.56 Å². The van der Waals surface area contributed by atoms with Gasteiger partial charge in [-0.1, -0.05) is 0 Å². The van der Waals surface area contributed by atoms with Crippen LogP contribution in [0.4, 0.5) is 13.2 Å². The van der Waals surface area contributed by atoms with E-state index in [1.165, 1.54) is 16.2 Å². The maximum absolute atomic E-state index is 12.2. The van der Waals surface area contributed by atoms with Gasteiger partial charge in [0, 0.05) is 13.1 Å². The van der Waals surface area contributed by atoms with Crippen LogP contribution in [0.3, 0.4) is 0 Å². The van der Waals surface area contributed by atoms with Crippen LogP contribution in [-0.2, 0) is 6.42 Å². The predicted molar refractivity (Wildman–Crippen MR) is 57.6 cm³/mol. The minimum Gasteiger partial charge on any atom is -0.395 e. The van der Waals surface area contributed by atoms with Crippen molar-refractivity contribution < 1.29 is 18.3 Å². The summed E-state index contributed by atoms with van der Waals surface area (Å²) >= 11 is 1.53. The van der Waals surface area contributed by atoms with Gasteiger partial charge < -0.3 is 5.11 Å². The van der Waals surface area contributed by atoms with Crippen LogP contribution in [0.25, 0.3) is 0 Å². The summed E-state index contributed by atoms with van der Waals surface area (Å²) in [6, 6.07) is 1.90. The molecule has 0 radical (unpaired) electrons. The van der Waals surface area contributed by atoms with E-state index >= 15 is 0 Å². The number of alkyl halides is 3. The molecule has 0 spiro atoms. The van der Waals surface area contributed by atoms with Gasteiger partial charge >= 0.3 is 6.18 Å². The lowest BCUT2D eigenvalue weighted by Crippen LogP contribution is -2.37. The lowest BCUT2D eigenvalue weighted by molar-refractivity contribution is -0.146. The number of halogens is 3. The molecule has 2 nitrogen and oxygen atoms in total. The SMILES string of the molecule is OCCN(CCc1ccsc1)CC(F)(F)F. The van der Waals surface area contributed by atoms with E-state index in [0.29, 0.717) is 13.0 Å². The summed E-state index contributed by atoms with van der Waals surface area (Å²) in [7, 11) is 0. The second-order valence-corrected chi connectivity index (χ2v) is 4.28. The Hall–Kier alpha value is -0.590. The summed E-state index contributed by atoms with van der Waals surface area (Å²) in [5, 5.41) is 12.5. The zero-order valence-corrected chi connectivity index (χ0v) is 9.52. The Labute approximate surface area is 96.3 Å². The van der Waals surface area contributed by atoms with Crippen molar-refractivity contribution >= 4 is 11.3 Å². The minimum absolute atomic E-state index is 0.0592. The fourth-order valence-electron chi connectivity index (χ4n) is 1.39. The minimum atomic E-state index is -4.20. The van der Waals surface area contributed by atoms with Gasteiger partial charge in [0.05, 0.1) is 13.2 Å². The first kappa shape index (κ1) is 13.5. The number of nitrogens with zero attached hydrogens (tertiary/aromatic N) is 1. The zero-order chi connectivity index (χ0) is 12.0. The monoisotopic (exact) mass is 253 g/mol. The van der Waals surface area contributed by atoms with Crippen LogP contribution in [0.1, 0.15) is 5.56 Å². The molecule has 0 aliphatic rings. The van der Waals surface area contributed by atoms with Gasteiger partial charge in [-0.3, -0.25) is 4.90 Å². The fourth-order valence-corrected chi connectivity index (χ4v) is 2.09. The molecule has 0 saturated carbocycles. The molecule has 92 valence electrons. The Kier molecular flexibility index (Phi) is 5.24. The van der Waals surface area contributed by atoms with Crippen LogP contribution >= 0.6 is 11.3 Å². The Bertz CT molecular complexity index is 287. The molecule has 0 unspecified atom stereocenters. The molecule has 6 heteroatoms. The fraction of sp³-hybridized carbons (Fsp3) is 0.600. The third-order valence-corrected chi connectivity index (χ3v) is 2.85. The lowest BCUT2D eigenvalue weighted by Gasteiger charge is -2.22. The van der Waals surface area contributed by atoms with Gasteiger partial charge in [-0.05, 0) is 28.8 Å². The third-order valence-electron chi connectivity index (χ3n) is 2.12. The van der Waals surface area contributed by atoms with E-state index in [-0.39, 0.29) is 13.2 Å². The molecule has 1 N–H and O–H groups in total. The van der Waals surface area contributed by atoms with Crippen LogP contribution in [0, 0.1) is 0 Å². The van der Waals surface area contributed by atoms with Gasteiger partial charge in [0.25, 0.3) is 0 Å². The maximum atomic E-state index is 12.2. The molecule has 0 bridgehead atoms. The summed E-state index contributed by atoms with van der Waals surface area (Å²) in [4.78, 5) is 1.22. The smallest absolute Gasteiger partial charge is 0.395 e.